The number of nitrogens with zero attached hydrogens (tertiary/aromatic N) is 4. The zero-order chi connectivity index (χ0) is 20.6. The smallest absolute Gasteiger partial charge is 0.191 e. The first-order valence-corrected chi connectivity index (χ1v) is 11.1. The molecule has 2 atom stereocenters. The number of aliphatic imine (C=N–C) groups is 1. The summed E-state index contributed by atoms with van der Waals surface area (Å²) in [4.78, 5) is 17.3. The second-order valence-electron chi connectivity index (χ2n) is 7.42. The third-order valence-electron chi connectivity index (χ3n) is 4.62. The monoisotopic (exact) mass is 416 g/mol. The summed E-state index contributed by atoms with van der Waals surface area (Å²) >= 11 is 1.74. The highest BCUT2D eigenvalue weighted by molar-refractivity contribution is 7.11. The van der Waals surface area contributed by atoms with Crippen LogP contribution < -0.4 is 15.5 Å². The second-order valence-corrected chi connectivity index (χ2v) is 8.74. The van der Waals surface area contributed by atoms with Gasteiger partial charge in [-0.2, -0.15) is 0 Å². The van der Waals surface area contributed by atoms with Gasteiger partial charge in [0.15, 0.2) is 5.96 Å². The number of nitrogens with one attached hydrogen (secondary N) is 2. The van der Waals surface area contributed by atoms with E-state index in [1.165, 1.54) is 4.88 Å². The van der Waals surface area contributed by atoms with Gasteiger partial charge >= 0.3 is 0 Å². The van der Waals surface area contributed by atoms with E-state index in [1.807, 2.05) is 12.4 Å². The van der Waals surface area contributed by atoms with Crippen LogP contribution in [0.2, 0.25) is 0 Å². The molecule has 158 valence electrons. The fourth-order valence-electron chi connectivity index (χ4n) is 3.38. The predicted molar refractivity (Wildman–Crippen MR) is 120 cm³/mol. The molecule has 0 saturated carbocycles. The fraction of sp³-hybridized carbons (Fsp3) is 0.571. The molecule has 29 heavy (non-hydrogen) atoms. The maximum absolute atomic E-state index is 5.81. The van der Waals surface area contributed by atoms with E-state index >= 15 is 0 Å². The largest absolute Gasteiger partial charge is 0.372 e. The number of morpholine rings is 1. The van der Waals surface area contributed by atoms with E-state index in [0.29, 0.717) is 6.54 Å². The summed E-state index contributed by atoms with van der Waals surface area (Å²) in [5, 5.41) is 7.83. The molecule has 0 aromatic carbocycles. The van der Waals surface area contributed by atoms with Crippen LogP contribution in [0.3, 0.4) is 0 Å². The molecule has 1 aliphatic rings. The molecule has 3 rings (SSSR count). The van der Waals surface area contributed by atoms with Crippen LogP contribution in [0.5, 0.6) is 0 Å². The van der Waals surface area contributed by atoms with Crippen molar-refractivity contribution in [3.05, 3.63) is 40.0 Å². The predicted octanol–water partition coefficient (Wildman–Crippen LogP) is 2.76. The molecule has 1 saturated heterocycles. The Morgan fingerprint density at radius 1 is 1.21 bits per heavy atom. The number of thiazole rings is 1. The lowest BCUT2D eigenvalue weighted by Crippen LogP contribution is -2.45. The fourth-order valence-corrected chi connectivity index (χ4v) is 4.17. The van der Waals surface area contributed by atoms with Gasteiger partial charge in [-0.25, -0.2) is 15.0 Å². The molecule has 8 heteroatoms. The Labute approximate surface area is 177 Å². The first-order valence-electron chi connectivity index (χ1n) is 10.3. The Balaban J connectivity index is 1.53. The number of hydrogen-bond donors (Lipinski definition) is 2. The molecule has 0 bridgehead atoms. The average molecular weight is 417 g/mol. The summed E-state index contributed by atoms with van der Waals surface area (Å²) < 4.78 is 5.81. The van der Waals surface area contributed by atoms with Gasteiger partial charge in [0, 0.05) is 49.9 Å². The normalized spacial score (nSPS) is 20.0. The first-order chi connectivity index (χ1) is 14.0. The summed E-state index contributed by atoms with van der Waals surface area (Å²) in [6.45, 7) is 12.4. The van der Waals surface area contributed by atoms with Crippen LogP contribution in [0.4, 0.5) is 5.82 Å². The topological polar surface area (TPSA) is 74.7 Å². The Kier molecular flexibility index (Phi) is 7.83. The van der Waals surface area contributed by atoms with Crippen molar-refractivity contribution in [3.63, 3.8) is 0 Å². The minimum atomic E-state index is 0.229. The van der Waals surface area contributed by atoms with Crippen LogP contribution in [-0.4, -0.2) is 54.3 Å². The van der Waals surface area contributed by atoms with Crippen molar-refractivity contribution < 1.29 is 4.74 Å². The highest BCUT2D eigenvalue weighted by Crippen LogP contribution is 2.18. The van der Waals surface area contributed by atoms with Crippen LogP contribution in [0, 0.1) is 6.92 Å². The van der Waals surface area contributed by atoms with Crippen LogP contribution in [0.25, 0.3) is 0 Å². The van der Waals surface area contributed by atoms with E-state index in [9.17, 15) is 0 Å². The molecule has 0 aliphatic carbocycles. The molecule has 1 aliphatic heterocycles. The van der Waals surface area contributed by atoms with Crippen molar-refractivity contribution >= 4 is 23.1 Å². The number of pyridine rings is 1. The number of anilines is 1. The molecule has 0 spiro atoms. The summed E-state index contributed by atoms with van der Waals surface area (Å²) in [5.41, 5.74) is 1.09. The molecule has 7 nitrogen and oxygen atoms in total. The minimum absolute atomic E-state index is 0.229. The Bertz CT molecular complexity index is 781. The summed E-state index contributed by atoms with van der Waals surface area (Å²) in [6.07, 6.45) is 5.20. The van der Waals surface area contributed by atoms with Gasteiger partial charge in [-0.1, -0.05) is 6.07 Å². The lowest BCUT2D eigenvalue weighted by atomic mass is 10.2. The van der Waals surface area contributed by atoms with Gasteiger partial charge in [-0.15, -0.1) is 11.3 Å². The number of rotatable bonds is 7. The van der Waals surface area contributed by atoms with Crippen LogP contribution in [0.15, 0.2) is 29.5 Å². The molecule has 2 aromatic rings. The van der Waals surface area contributed by atoms with Crippen LogP contribution in [-0.2, 0) is 17.7 Å². The van der Waals surface area contributed by atoms with E-state index in [0.717, 1.165) is 54.9 Å². The van der Waals surface area contributed by atoms with Crippen LogP contribution in [0.1, 0.15) is 36.2 Å². The number of hydrogen-bond acceptors (Lipinski definition) is 6. The highest BCUT2D eigenvalue weighted by atomic mass is 32.1. The van der Waals surface area contributed by atoms with Crippen molar-refractivity contribution in [1.82, 2.24) is 20.6 Å². The highest BCUT2D eigenvalue weighted by Gasteiger charge is 2.22. The lowest BCUT2D eigenvalue weighted by molar-refractivity contribution is -0.00545. The van der Waals surface area contributed by atoms with Crippen LogP contribution >= 0.6 is 11.3 Å². The summed E-state index contributed by atoms with van der Waals surface area (Å²) in [6, 6.07) is 4.19. The van der Waals surface area contributed by atoms with Gasteiger partial charge in [0.25, 0.3) is 0 Å². The van der Waals surface area contributed by atoms with E-state index in [4.69, 9.17) is 9.73 Å². The molecule has 3 heterocycles. The van der Waals surface area contributed by atoms with Gasteiger partial charge in [-0.3, -0.25) is 0 Å². The SMILES string of the molecule is CCNC(=NCc1ccc(N2CC(C)OC(C)C2)nc1)NCCc1ncc(C)s1. The van der Waals surface area contributed by atoms with E-state index in [2.05, 4.69) is 65.3 Å². The van der Waals surface area contributed by atoms with Crippen molar-refractivity contribution in [2.24, 2.45) is 4.99 Å². The first kappa shape index (κ1) is 21.5. The number of ether oxygens (including phenoxy) is 1. The zero-order valence-electron chi connectivity index (χ0n) is 17.8. The molecular weight excluding hydrogens is 384 g/mol. The molecule has 2 N–H and O–H groups in total. The van der Waals surface area contributed by atoms with Gasteiger partial charge in [-0.05, 0) is 39.3 Å². The van der Waals surface area contributed by atoms with Crippen molar-refractivity contribution in [2.45, 2.75) is 52.9 Å². The lowest BCUT2D eigenvalue weighted by Gasteiger charge is -2.36. The van der Waals surface area contributed by atoms with E-state index in [-0.39, 0.29) is 12.2 Å². The standard InChI is InChI=1S/C21H32N6OS/c1-5-22-21(23-9-8-20-25-10-17(4)29-20)26-12-18-6-7-19(24-11-18)27-13-15(2)28-16(3)14-27/h6-7,10-11,15-16H,5,8-9,12-14H2,1-4H3,(H2,22,23,26). The number of guanidine groups is 1. The molecular formula is C21H32N6OS. The Morgan fingerprint density at radius 3 is 2.62 bits per heavy atom. The quantitative estimate of drug-likeness (QED) is 0.534. The van der Waals surface area contributed by atoms with Crippen molar-refractivity contribution in [2.75, 3.05) is 31.1 Å². The third-order valence-corrected chi connectivity index (χ3v) is 5.59. The molecule has 2 aromatic heterocycles. The summed E-state index contributed by atoms with van der Waals surface area (Å²) in [5.74, 6) is 1.82. The Hall–Kier alpha value is -2.19. The van der Waals surface area contributed by atoms with E-state index < -0.39 is 0 Å². The second kappa shape index (κ2) is 10.5. The van der Waals surface area contributed by atoms with Gasteiger partial charge < -0.3 is 20.3 Å². The molecule has 0 radical (unpaired) electrons. The van der Waals surface area contributed by atoms with Gasteiger partial charge in [0.1, 0.15) is 5.82 Å². The van der Waals surface area contributed by atoms with Gasteiger partial charge in [0.2, 0.25) is 0 Å². The number of aromatic nitrogens is 2. The van der Waals surface area contributed by atoms with Gasteiger partial charge in [0.05, 0.1) is 23.8 Å². The maximum Gasteiger partial charge on any atom is 0.191 e. The maximum atomic E-state index is 5.81. The van der Waals surface area contributed by atoms with E-state index in [1.54, 1.807) is 11.3 Å². The molecule has 0 amide bonds. The Morgan fingerprint density at radius 2 is 2.00 bits per heavy atom. The van der Waals surface area contributed by atoms with Crippen molar-refractivity contribution in [1.29, 1.82) is 0 Å². The molecule has 1 fully saturated rings. The zero-order valence-corrected chi connectivity index (χ0v) is 18.6. The van der Waals surface area contributed by atoms with Crippen molar-refractivity contribution in [3.8, 4) is 0 Å². The summed E-state index contributed by atoms with van der Waals surface area (Å²) in [7, 11) is 0. The third kappa shape index (κ3) is 6.68. The average Bonchev–Trinajstić information content (AvgIpc) is 3.11. The minimum Gasteiger partial charge on any atom is -0.372 e. The number of aryl methyl sites for hydroxylation is 1. The molecule has 2 unspecified atom stereocenters.